The van der Waals surface area contributed by atoms with Gasteiger partial charge < -0.3 is 10.8 Å². The number of nitrogen functional groups attached to an aromatic ring is 1. The molecule has 19 heavy (non-hydrogen) atoms. The van der Waals surface area contributed by atoms with Crippen LogP contribution in [0.4, 0.5) is 5.69 Å². The number of rotatable bonds is 7. The highest BCUT2D eigenvalue weighted by Crippen LogP contribution is 2.15. The van der Waals surface area contributed by atoms with Gasteiger partial charge in [-0.1, -0.05) is 6.92 Å². The number of nitrogens with two attached hydrogens (primary N) is 1. The normalized spacial score (nSPS) is 13.5. The third kappa shape index (κ3) is 4.21. The average molecular weight is 268 g/mol. The summed E-state index contributed by atoms with van der Waals surface area (Å²) < 4.78 is 1.81. The molecule has 0 amide bonds. The van der Waals surface area contributed by atoms with Crippen molar-refractivity contribution in [2.45, 2.75) is 59.7 Å². The van der Waals surface area contributed by atoms with Crippen LogP contribution in [0.15, 0.2) is 0 Å². The standard InChI is InChI=1S/C14H28N4O/c1-6-7-17(10(2)3)8-13(19)9-18-12(5)14(15)11(4)16-18/h10,13,19H,6-9,15H2,1-5H3. The molecule has 1 heterocycles. The van der Waals surface area contributed by atoms with Crippen molar-refractivity contribution in [1.29, 1.82) is 0 Å². The second-order valence-electron chi connectivity index (χ2n) is 5.51. The average Bonchev–Trinajstić information content (AvgIpc) is 2.56. The molecule has 1 unspecified atom stereocenters. The summed E-state index contributed by atoms with van der Waals surface area (Å²) in [6, 6.07) is 0.445. The number of anilines is 1. The van der Waals surface area contributed by atoms with E-state index in [0.717, 1.165) is 30.0 Å². The van der Waals surface area contributed by atoms with Gasteiger partial charge in [0.15, 0.2) is 0 Å². The van der Waals surface area contributed by atoms with Gasteiger partial charge in [0.1, 0.15) is 0 Å². The summed E-state index contributed by atoms with van der Waals surface area (Å²) in [6.07, 6.45) is 0.670. The van der Waals surface area contributed by atoms with E-state index in [2.05, 4.69) is 30.8 Å². The first-order valence-electron chi connectivity index (χ1n) is 7.08. The maximum Gasteiger partial charge on any atom is 0.0862 e. The van der Waals surface area contributed by atoms with Crippen molar-refractivity contribution in [3.63, 3.8) is 0 Å². The summed E-state index contributed by atoms with van der Waals surface area (Å²) in [5.41, 5.74) is 8.39. The van der Waals surface area contributed by atoms with Crippen LogP contribution in [-0.4, -0.2) is 45.0 Å². The van der Waals surface area contributed by atoms with Crippen molar-refractivity contribution in [3.05, 3.63) is 11.4 Å². The molecule has 1 aromatic rings. The molecule has 3 N–H and O–H groups in total. The molecule has 0 aromatic carbocycles. The van der Waals surface area contributed by atoms with Gasteiger partial charge in [0.05, 0.1) is 29.7 Å². The van der Waals surface area contributed by atoms with E-state index in [9.17, 15) is 5.11 Å². The van der Waals surface area contributed by atoms with Gasteiger partial charge in [-0.05, 0) is 40.7 Å². The number of aryl methyl sites for hydroxylation is 1. The lowest BCUT2D eigenvalue weighted by atomic mass is 10.2. The van der Waals surface area contributed by atoms with Crippen LogP contribution in [0.1, 0.15) is 38.6 Å². The molecule has 0 fully saturated rings. The van der Waals surface area contributed by atoms with Gasteiger partial charge in [-0.15, -0.1) is 0 Å². The fourth-order valence-corrected chi connectivity index (χ4v) is 2.26. The second-order valence-corrected chi connectivity index (χ2v) is 5.51. The van der Waals surface area contributed by atoms with E-state index in [1.807, 2.05) is 13.8 Å². The molecule has 1 atom stereocenters. The first kappa shape index (κ1) is 16.0. The van der Waals surface area contributed by atoms with Crippen LogP contribution in [0.2, 0.25) is 0 Å². The molecule has 5 nitrogen and oxygen atoms in total. The highest BCUT2D eigenvalue weighted by Gasteiger charge is 2.16. The van der Waals surface area contributed by atoms with Gasteiger partial charge in [0, 0.05) is 12.6 Å². The first-order valence-corrected chi connectivity index (χ1v) is 7.08. The molecule has 5 heteroatoms. The van der Waals surface area contributed by atoms with Gasteiger partial charge in [0.25, 0.3) is 0 Å². The van der Waals surface area contributed by atoms with E-state index in [4.69, 9.17) is 5.73 Å². The number of aliphatic hydroxyl groups excluding tert-OH is 1. The minimum Gasteiger partial charge on any atom is -0.396 e. The highest BCUT2D eigenvalue weighted by molar-refractivity contribution is 5.46. The lowest BCUT2D eigenvalue weighted by Crippen LogP contribution is -2.39. The Morgan fingerprint density at radius 3 is 2.42 bits per heavy atom. The van der Waals surface area contributed by atoms with Crippen molar-refractivity contribution in [3.8, 4) is 0 Å². The van der Waals surface area contributed by atoms with Crippen LogP contribution in [0.3, 0.4) is 0 Å². The van der Waals surface area contributed by atoms with Crippen LogP contribution >= 0.6 is 0 Å². The Balaban J connectivity index is 2.63. The number of nitrogens with zero attached hydrogens (tertiary/aromatic N) is 3. The molecule has 0 aliphatic carbocycles. The smallest absolute Gasteiger partial charge is 0.0862 e. The van der Waals surface area contributed by atoms with Crippen molar-refractivity contribution in [2.75, 3.05) is 18.8 Å². The third-order valence-electron chi connectivity index (χ3n) is 3.51. The summed E-state index contributed by atoms with van der Waals surface area (Å²) in [4.78, 5) is 2.29. The zero-order valence-electron chi connectivity index (χ0n) is 12.8. The fourth-order valence-electron chi connectivity index (χ4n) is 2.26. The van der Waals surface area contributed by atoms with Crippen LogP contribution in [0.25, 0.3) is 0 Å². The molecule has 1 rings (SSSR count). The van der Waals surface area contributed by atoms with Crippen LogP contribution in [0, 0.1) is 13.8 Å². The van der Waals surface area contributed by atoms with Crippen LogP contribution in [0.5, 0.6) is 0 Å². The summed E-state index contributed by atoms with van der Waals surface area (Å²) >= 11 is 0. The molecule has 0 aliphatic heterocycles. The van der Waals surface area contributed by atoms with E-state index in [1.165, 1.54) is 0 Å². The highest BCUT2D eigenvalue weighted by atomic mass is 16.3. The number of aromatic nitrogens is 2. The number of aliphatic hydroxyl groups is 1. The van der Waals surface area contributed by atoms with Gasteiger partial charge in [-0.3, -0.25) is 9.58 Å². The van der Waals surface area contributed by atoms with Gasteiger partial charge in [0.2, 0.25) is 0 Å². The summed E-state index contributed by atoms with van der Waals surface area (Å²) in [5.74, 6) is 0. The molecule has 0 spiro atoms. The maximum atomic E-state index is 10.2. The molecule has 110 valence electrons. The Hall–Kier alpha value is -1.07. The first-order chi connectivity index (χ1) is 8.86. The Labute approximate surface area is 116 Å². The topological polar surface area (TPSA) is 67.3 Å². The lowest BCUT2D eigenvalue weighted by Gasteiger charge is -2.28. The minimum atomic E-state index is -0.425. The van der Waals surface area contributed by atoms with Crippen molar-refractivity contribution < 1.29 is 5.11 Å². The Bertz CT molecular complexity index is 400. The summed E-state index contributed by atoms with van der Waals surface area (Å²) in [7, 11) is 0. The van der Waals surface area contributed by atoms with Crippen molar-refractivity contribution in [1.82, 2.24) is 14.7 Å². The predicted molar refractivity (Wildman–Crippen MR) is 79.1 cm³/mol. The minimum absolute atomic E-state index is 0.425. The monoisotopic (exact) mass is 268 g/mol. The van der Waals surface area contributed by atoms with E-state index in [0.29, 0.717) is 19.1 Å². The largest absolute Gasteiger partial charge is 0.396 e. The molecular weight excluding hydrogens is 240 g/mol. The Morgan fingerprint density at radius 1 is 1.37 bits per heavy atom. The fraction of sp³-hybridized carbons (Fsp3) is 0.786. The Kier molecular flexibility index (Phi) is 5.82. The van der Waals surface area contributed by atoms with Gasteiger partial charge >= 0.3 is 0 Å². The number of hydrogen-bond donors (Lipinski definition) is 2. The quantitative estimate of drug-likeness (QED) is 0.787. The van der Waals surface area contributed by atoms with Crippen LogP contribution < -0.4 is 5.73 Å². The molecular formula is C14H28N4O. The van der Waals surface area contributed by atoms with E-state index in [-0.39, 0.29) is 0 Å². The van der Waals surface area contributed by atoms with Crippen LogP contribution in [-0.2, 0) is 6.54 Å². The van der Waals surface area contributed by atoms with E-state index >= 15 is 0 Å². The van der Waals surface area contributed by atoms with E-state index in [1.54, 1.807) is 4.68 Å². The predicted octanol–water partition coefficient (Wildman–Crippen LogP) is 1.56. The molecule has 0 aliphatic rings. The van der Waals surface area contributed by atoms with E-state index < -0.39 is 6.10 Å². The Morgan fingerprint density at radius 2 is 2.00 bits per heavy atom. The second kappa shape index (κ2) is 6.91. The zero-order chi connectivity index (χ0) is 14.6. The van der Waals surface area contributed by atoms with Crippen molar-refractivity contribution in [2.24, 2.45) is 0 Å². The maximum absolute atomic E-state index is 10.2. The molecule has 0 saturated carbocycles. The summed E-state index contributed by atoms with van der Waals surface area (Å²) in [6.45, 7) is 12.5. The zero-order valence-corrected chi connectivity index (χ0v) is 12.8. The molecule has 0 saturated heterocycles. The number of hydrogen-bond acceptors (Lipinski definition) is 4. The molecule has 1 aromatic heterocycles. The molecule has 0 bridgehead atoms. The lowest BCUT2D eigenvalue weighted by molar-refractivity contribution is 0.0798. The van der Waals surface area contributed by atoms with Crippen molar-refractivity contribution >= 4 is 5.69 Å². The summed E-state index contributed by atoms with van der Waals surface area (Å²) in [5, 5.41) is 14.6. The van der Waals surface area contributed by atoms with Gasteiger partial charge in [-0.2, -0.15) is 5.10 Å². The molecule has 0 radical (unpaired) electrons. The van der Waals surface area contributed by atoms with Gasteiger partial charge in [-0.25, -0.2) is 0 Å². The SMILES string of the molecule is CCCN(CC(O)Cn1nc(C)c(N)c1C)C(C)C. The third-order valence-corrected chi connectivity index (χ3v) is 3.51.